The minimum absolute atomic E-state index is 0.0196. The van der Waals surface area contributed by atoms with E-state index in [0.717, 1.165) is 36.4 Å². The summed E-state index contributed by atoms with van der Waals surface area (Å²) in [6.45, 7) is 4.49. The Morgan fingerprint density at radius 3 is 1.34 bits per heavy atom. The van der Waals surface area contributed by atoms with Crippen molar-refractivity contribution in [3.05, 3.63) is 71.3 Å². The van der Waals surface area contributed by atoms with E-state index in [9.17, 15) is 62.2 Å². The summed E-state index contributed by atoms with van der Waals surface area (Å²) in [5.41, 5.74) is -5.49. The number of halogens is 13. The van der Waals surface area contributed by atoms with Crippen molar-refractivity contribution in [1.29, 1.82) is 0 Å². The summed E-state index contributed by atoms with van der Waals surface area (Å²) in [5.74, 6) is -37.8. The van der Waals surface area contributed by atoms with E-state index in [1.807, 2.05) is 0 Å². The second kappa shape index (κ2) is 9.30. The van der Waals surface area contributed by atoms with Gasteiger partial charge in [0.15, 0.2) is 0 Å². The Kier molecular flexibility index (Phi) is 7.76. The summed E-state index contributed by atoms with van der Waals surface area (Å²) >= 11 is 0. The Morgan fingerprint density at radius 2 is 0.921 bits per heavy atom. The molecule has 2 aromatic rings. The molecule has 0 spiro atoms. The molecular formula is C24H21F13O. The van der Waals surface area contributed by atoms with Crippen molar-refractivity contribution in [1.82, 2.24) is 0 Å². The number of aliphatic hydroxyl groups is 1. The highest BCUT2D eigenvalue weighted by Gasteiger charge is 2.90. The van der Waals surface area contributed by atoms with Gasteiger partial charge < -0.3 is 5.11 Å². The molecule has 2 rings (SSSR count). The molecule has 0 bridgehead atoms. The highest BCUT2D eigenvalue weighted by molar-refractivity contribution is 5.44. The third-order valence-electron chi connectivity index (χ3n) is 5.91. The van der Waals surface area contributed by atoms with Crippen LogP contribution in [0.15, 0.2) is 54.6 Å². The molecule has 0 aliphatic carbocycles. The predicted octanol–water partition coefficient (Wildman–Crippen LogP) is 8.35. The van der Waals surface area contributed by atoms with Crippen LogP contribution in [0.5, 0.6) is 0 Å². The standard InChI is InChI=1S/C24H21F13O/c1-17(2,3)15-11-7-8-12-16(15)18(38,14-9-5-4-6-10-14)13-19(25,26)20(27,28)21(29,30)22(31,32)23(33,34)24(35,36)37/h4-12,38H,13H2,1-3H3. The molecule has 1 nitrogen and oxygen atoms in total. The average molecular weight is 572 g/mol. The Morgan fingerprint density at radius 1 is 0.526 bits per heavy atom. The predicted molar refractivity (Wildman–Crippen MR) is 110 cm³/mol. The molecule has 0 aromatic heterocycles. The molecule has 0 amide bonds. The molecule has 214 valence electrons. The minimum Gasteiger partial charge on any atom is -0.380 e. The zero-order valence-corrected chi connectivity index (χ0v) is 19.8. The number of hydrogen-bond acceptors (Lipinski definition) is 1. The maximum Gasteiger partial charge on any atom is 0.460 e. The van der Waals surface area contributed by atoms with Gasteiger partial charge in [0.25, 0.3) is 0 Å². The quantitative estimate of drug-likeness (QED) is 0.316. The largest absolute Gasteiger partial charge is 0.460 e. The SMILES string of the molecule is CC(C)(C)c1ccccc1C(O)(CC(F)(F)C(F)(F)C(F)(F)C(F)(F)C(F)(F)C(F)(F)F)c1ccccc1. The fourth-order valence-electron chi connectivity index (χ4n) is 3.80. The second-order valence-electron chi connectivity index (χ2n) is 9.70. The van der Waals surface area contributed by atoms with Gasteiger partial charge in [0.1, 0.15) is 5.60 Å². The van der Waals surface area contributed by atoms with Crippen LogP contribution in [0.2, 0.25) is 0 Å². The lowest BCUT2D eigenvalue weighted by Gasteiger charge is -2.42. The molecule has 0 saturated heterocycles. The van der Waals surface area contributed by atoms with Crippen LogP contribution in [0.3, 0.4) is 0 Å². The van der Waals surface area contributed by atoms with E-state index in [0.29, 0.717) is 0 Å². The van der Waals surface area contributed by atoms with Crippen molar-refractivity contribution in [2.24, 2.45) is 0 Å². The molecule has 0 radical (unpaired) electrons. The summed E-state index contributed by atoms with van der Waals surface area (Å²) in [6.07, 6.45) is -10.3. The van der Waals surface area contributed by atoms with Crippen molar-refractivity contribution in [3.63, 3.8) is 0 Å². The molecule has 38 heavy (non-hydrogen) atoms. The summed E-state index contributed by atoms with van der Waals surface area (Å²) in [4.78, 5) is 0. The van der Waals surface area contributed by atoms with Gasteiger partial charge in [0.05, 0.1) is 6.42 Å². The topological polar surface area (TPSA) is 20.2 Å². The molecule has 0 fully saturated rings. The van der Waals surface area contributed by atoms with Crippen LogP contribution in [0.25, 0.3) is 0 Å². The first-order chi connectivity index (χ1) is 16.8. The van der Waals surface area contributed by atoms with Gasteiger partial charge in [0.2, 0.25) is 0 Å². The molecule has 1 unspecified atom stereocenters. The van der Waals surface area contributed by atoms with E-state index in [-0.39, 0.29) is 5.56 Å². The summed E-state index contributed by atoms with van der Waals surface area (Å²) in [5, 5.41) is 11.4. The summed E-state index contributed by atoms with van der Waals surface area (Å²) in [7, 11) is 0. The molecule has 1 atom stereocenters. The van der Waals surface area contributed by atoms with Crippen LogP contribution in [0, 0.1) is 0 Å². The maximum absolute atomic E-state index is 15.0. The third kappa shape index (κ3) is 4.84. The fourth-order valence-corrected chi connectivity index (χ4v) is 3.80. The molecule has 14 heteroatoms. The zero-order chi connectivity index (χ0) is 29.8. The number of hydrogen-bond donors (Lipinski definition) is 1. The fraction of sp³-hybridized carbons (Fsp3) is 0.500. The Hall–Kier alpha value is -2.51. The lowest BCUT2D eigenvalue weighted by Crippen LogP contribution is -2.70. The van der Waals surface area contributed by atoms with Gasteiger partial charge >= 0.3 is 35.8 Å². The van der Waals surface area contributed by atoms with Crippen molar-refractivity contribution in [3.8, 4) is 0 Å². The van der Waals surface area contributed by atoms with Crippen LogP contribution >= 0.6 is 0 Å². The first kappa shape index (κ1) is 31.7. The monoisotopic (exact) mass is 572 g/mol. The van der Waals surface area contributed by atoms with Gasteiger partial charge in [-0.25, -0.2) is 0 Å². The highest BCUT2D eigenvalue weighted by atomic mass is 19.4. The van der Waals surface area contributed by atoms with Crippen LogP contribution < -0.4 is 0 Å². The first-order valence-electron chi connectivity index (χ1n) is 10.6. The van der Waals surface area contributed by atoms with E-state index in [1.54, 1.807) is 0 Å². The Balaban J connectivity index is 2.78. The minimum atomic E-state index is -8.01. The number of alkyl halides is 13. The lowest BCUT2D eigenvalue weighted by molar-refractivity contribution is -0.441. The van der Waals surface area contributed by atoms with E-state index in [4.69, 9.17) is 0 Å². The Labute approximate surface area is 208 Å². The van der Waals surface area contributed by atoms with Gasteiger partial charge in [0, 0.05) is 0 Å². The van der Waals surface area contributed by atoms with E-state index in [2.05, 4.69) is 0 Å². The van der Waals surface area contributed by atoms with Crippen molar-refractivity contribution in [2.45, 2.75) is 74.0 Å². The molecule has 1 N–H and O–H groups in total. The first-order valence-corrected chi connectivity index (χ1v) is 10.6. The van der Waals surface area contributed by atoms with E-state index < -0.39 is 64.4 Å². The van der Waals surface area contributed by atoms with E-state index >= 15 is 0 Å². The molecule has 0 heterocycles. The van der Waals surface area contributed by atoms with Gasteiger partial charge in [-0.1, -0.05) is 75.4 Å². The number of benzene rings is 2. The van der Waals surface area contributed by atoms with Crippen LogP contribution in [-0.4, -0.2) is 40.9 Å². The normalized spacial score (nSPS) is 16.3. The second-order valence-corrected chi connectivity index (χ2v) is 9.70. The van der Waals surface area contributed by atoms with Gasteiger partial charge in [-0.15, -0.1) is 0 Å². The molecule has 2 aromatic carbocycles. The average Bonchev–Trinajstić information content (AvgIpc) is 2.77. The molecule has 0 aliphatic rings. The van der Waals surface area contributed by atoms with Crippen molar-refractivity contribution in [2.75, 3.05) is 0 Å². The zero-order valence-electron chi connectivity index (χ0n) is 19.8. The van der Waals surface area contributed by atoms with E-state index in [1.165, 1.54) is 39.0 Å². The van der Waals surface area contributed by atoms with Crippen LogP contribution in [0.4, 0.5) is 57.1 Å². The van der Waals surface area contributed by atoms with Crippen molar-refractivity contribution < 1.29 is 62.2 Å². The van der Waals surface area contributed by atoms with Gasteiger partial charge in [-0.05, 0) is 22.1 Å². The molecular weight excluding hydrogens is 551 g/mol. The van der Waals surface area contributed by atoms with Gasteiger partial charge in [-0.2, -0.15) is 57.1 Å². The highest BCUT2D eigenvalue weighted by Crippen LogP contribution is 2.62. The smallest absolute Gasteiger partial charge is 0.380 e. The molecule has 0 saturated carbocycles. The maximum atomic E-state index is 15.0. The van der Waals surface area contributed by atoms with Crippen LogP contribution in [-0.2, 0) is 11.0 Å². The number of rotatable bonds is 8. The third-order valence-corrected chi connectivity index (χ3v) is 5.91. The summed E-state index contributed by atoms with van der Waals surface area (Å²) < 4.78 is 178. The van der Waals surface area contributed by atoms with Gasteiger partial charge in [-0.3, -0.25) is 0 Å². The molecule has 0 aliphatic heterocycles. The van der Waals surface area contributed by atoms with Crippen LogP contribution in [0.1, 0.15) is 43.9 Å². The Bertz CT molecular complexity index is 1120. The lowest BCUT2D eigenvalue weighted by atomic mass is 9.72. The van der Waals surface area contributed by atoms with Crippen molar-refractivity contribution >= 4 is 0 Å². The summed E-state index contributed by atoms with van der Waals surface area (Å²) in [6, 6.07) is 10.1.